The first-order valence-electron chi connectivity index (χ1n) is 6.06. The minimum Gasteiger partial charge on any atom is -0.454 e. The Bertz CT molecular complexity index is 621. The Hall–Kier alpha value is -2.57. The number of aromatic nitrogens is 3. The monoisotopic (exact) mass is 275 g/mol. The zero-order valence-electron chi connectivity index (χ0n) is 11.7. The van der Waals surface area contributed by atoms with E-state index in [1.54, 1.807) is 29.9 Å². The third kappa shape index (κ3) is 2.87. The lowest BCUT2D eigenvalue weighted by Gasteiger charge is -2.17. The van der Waals surface area contributed by atoms with Gasteiger partial charge in [-0.05, 0) is 18.2 Å². The highest BCUT2D eigenvalue weighted by molar-refractivity contribution is 5.96. The zero-order chi connectivity index (χ0) is 14.7. The van der Waals surface area contributed by atoms with Crippen LogP contribution in [0.15, 0.2) is 24.5 Å². The molecule has 1 heterocycles. The summed E-state index contributed by atoms with van der Waals surface area (Å²) in [6, 6.07) is 5.14. The van der Waals surface area contributed by atoms with Gasteiger partial charge >= 0.3 is 5.97 Å². The normalized spacial score (nSPS) is 10.3. The molecule has 2 aromatic rings. The average molecular weight is 275 g/mol. The van der Waals surface area contributed by atoms with Crippen LogP contribution < -0.4 is 10.6 Å². The first-order valence-corrected chi connectivity index (χ1v) is 6.06. The van der Waals surface area contributed by atoms with Crippen LogP contribution in [0.25, 0.3) is 0 Å². The van der Waals surface area contributed by atoms with Crippen LogP contribution in [0.2, 0.25) is 0 Å². The molecule has 0 fully saturated rings. The molecule has 0 saturated carbocycles. The van der Waals surface area contributed by atoms with Crippen molar-refractivity contribution in [3.8, 4) is 0 Å². The summed E-state index contributed by atoms with van der Waals surface area (Å²) in [6.07, 6.45) is 1.41. The van der Waals surface area contributed by atoms with Crippen molar-refractivity contribution in [3.05, 3.63) is 35.9 Å². The molecule has 0 spiro atoms. The van der Waals surface area contributed by atoms with Gasteiger partial charge in [-0.15, -0.1) is 0 Å². The number of benzene rings is 1. The van der Waals surface area contributed by atoms with Crippen LogP contribution in [0.4, 0.5) is 11.4 Å². The molecular formula is C13H17N5O2. The van der Waals surface area contributed by atoms with E-state index in [0.717, 1.165) is 5.69 Å². The van der Waals surface area contributed by atoms with Crippen molar-refractivity contribution >= 4 is 17.3 Å². The quantitative estimate of drug-likeness (QED) is 0.656. The summed E-state index contributed by atoms with van der Waals surface area (Å²) in [5, 5.41) is 3.91. The van der Waals surface area contributed by atoms with E-state index in [1.165, 1.54) is 6.33 Å². The van der Waals surface area contributed by atoms with Gasteiger partial charge in [0.2, 0.25) is 0 Å². The number of hydrogen-bond donors (Lipinski definition) is 1. The Morgan fingerprint density at radius 2 is 2.20 bits per heavy atom. The number of rotatable bonds is 4. The van der Waals surface area contributed by atoms with Crippen molar-refractivity contribution in [2.75, 3.05) is 24.7 Å². The van der Waals surface area contributed by atoms with Crippen LogP contribution >= 0.6 is 0 Å². The highest BCUT2D eigenvalue weighted by Crippen LogP contribution is 2.22. The summed E-state index contributed by atoms with van der Waals surface area (Å²) in [5.41, 5.74) is 7.42. The lowest BCUT2D eigenvalue weighted by atomic mass is 10.1. The van der Waals surface area contributed by atoms with Crippen molar-refractivity contribution in [3.63, 3.8) is 0 Å². The van der Waals surface area contributed by atoms with Gasteiger partial charge in [0.05, 0.1) is 11.3 Å². The summed E-state index contributed by atoms with van der Waals surface area (Å²) in [5.74, 6) is 0.137. The van der Waals surface area contributed by atoms with Gasteiger partial charge in [-0.25, -0.2) is 9.78 Å². The number of anilines is 2. The molecule has 1 aromatic heterocycles. The minimum atomic E-state index is -0.441. The number of hydrogen-bond acceptors (Lipinski definition) is 6. The molecule has 0 bridgehead atoms. The van der Waals surface area contributed by atoms with Crippen LogP contribution in [-0.2, 0) is 18.4 Å². The Kier molecular flexibility index (Phi) is 3.88. The molecule has 0 saturated heterocycles. The number of ether oxygens (including phenoxy) is 1. The molecule has 0 radical (unpaired) electrons. The maximum absolute atomic E-state index is 12.2. The van der Waals surface area contributed by atoms with Gasteiger partial charge < -0.3 is 15.4 Å². The lowest BCUT2D eigenvalue weighted by molar-refractivity contribution is 0.0459. The van der Waals surface area contributed by atoms with Gasteiger partial charge in [0, 0.05) is 26.8 Å². The molecule has 7 heteroatoms. The number of aryl methyl sites for hydroxylation is 1. The van der Waals surface area contributed by atoms with Gasteiger partial charge in [-0.1, -0.05) is 0 Å². The first-order chi connectivity index (χ1) is 9.49. The molecule has 106 valence electrons. The molecule has 7 nitrogen and oxygen atoms in total. The van der Waals surface area contributed by atoms with Gasteiger partial charge in [-0.3, -0.25) is 4.68 Å². The fourth-order valence-corrected chi connectivity index (χ4v) is 1.77. The number of nitrogens with two attached hydrogens (primary N) is 1. The largest absolute Gasteiger partial charge is 0.454 e. The Morgan fingerprint density at radius 3 is 2.80 bits per heavy atom. The molecule has 2 N–H and O–H groups in total. The van der Waals surface area contributed by atoms with Crippen molar-refractivity contribution in [2.24, 2.45) is 7.05 Å². The van der Waals surface area contributed by atoms with E-state index in [1.807, 2.05) is 19.0 Å². The molecule has 0 aliphatic rings. The highest BCUT2D eigenvalue weighted by Gasteiger charge is 2.15. The third-order valence-corrected chi connectivity index (χ3v) is 2.86. The van der Waals surface area contributed by atoms with Crippen LogP contribution in [0, 0.1) is 0 Å². The lowest BCUT2D eigenvalue weighted by Crippen LogP contribution is -2.16. The second-order valence-corrected chi connectivity index (χ2v) is 4.55. The number of nitrogens with zero attached hydrogens (tertiary/aromatic N) is 4. The van der Waals surface area contributed by atoms with Crippen LogP contribution in [0.3, 0.4) is 0 Å². The fourth-order valence-electron chi connectivity index (χ4n) is 1.77. The predicted octanol–water partition coefficient (Wildman–Crippen LogP) is 0.820. The van der Waals surface area contributed by atoms with Crippen LogP contribution in [-0.4, -0.2) is 34.8 Å². The number of carbonyl (C=O) groups is 1. The van der Waals surface area contributed by atoms with E-state index >= 15 is 0 Å². The first kappa shape index (κ1) is 13.9. The molecule has 0 amide bonds. The summed E-state index contributed by atoms with van der Waals surface area (Å²) in [7, 11) is 5.44. The highest BCUT2D eigenvalue weighted by atomic mass is 16.5. The van der Waals surface area contributed by atoms with E-state index in [4.69, 9.17) is 10.5 Å². The standard InChI is InChI=1S/C13H17N5O2/c1-17(2)11-5-4-9(14)6-10(11)13(19)20-7-12-15-8-16-18(12)3/h4-6,8H,7,14H2,1-3H3. The van der Waals surface area contributed by atoms with Crippen LogP contribution in [0.1, 0.15) is 16.2 Å². The Morgan fingerprint density at radius 1 is 1.45 bits per heavy atom. The summed E-state index contributed by atoms with van der Waals surface area (Å²) >= 11 is 0. The second kappa shape index (κ2) is 5.60. The molecule has 0 atom stereocenters. The van der Waals surface area contributed by atoms with E-state index < -0.39 is 5.97 Å². The van der Waals surface area contributed by atoms with Gasteiger partial charge in [-0.2, -0.15) is 5.10 Å². The molecular weight excluding hydrogens is 258 g/mol. The molecule has 1 aromatic carbocycles. The van der Waals surface area contributed by atoms with Gasteiger partial charge in [0.15, 0.2) is 12.4 Å². The Balaban J connectivity index is 2.16. The summed E-state index contributed by atoms with van der Waals surface area (Å²) in [6.45, 7) is 0.0665. The zero-order valence-corrected chi connectivity index (χ0v) is 11.7. The van der Waals surface area contributed by atoms with E-state index in [0.29, 0.717) is 17.1 Å². The number of carbonyl (C=O) groups excluding carboxylic acids is 1. The molecule has 0 aliphatic carbocycles. The average Bonchev–Trinajstić information content (AvgIpc) is 2.81. The SMILES string of the molecule is CN(C)c1ccc(N)cc1C(=O)OCc1ncnn1C. The minimum absolute atomic E-state index is 0.0665. The summed E-state index contributed by atoms with van der Waals surface area (Å²) < 4.78 is 6.81. The predicted molar refractivity (Wildman–Crippen MR) is 75.3 cm³/mol. The molecule has 0 aliphatic heterocycles. The molecule has 2 rings (SSSR count). The van der Waals surface area contributed by atoms with Crippen molar-refractivity contribution < 1.29 is 9.53 Å². The van der Waals surface area contributed by atoms with Gasteiger partial charge in [0.25, 0.3) is 0 Å². The van der Waals surface area contributed by atoms with Crippen molar-refractivity contribution in [2.45, 2.75) is 6.61 Å². The Labute approximate surface area is 117 Å². The maximum Gasteiger partial charge on any atom is 0.340 e. The number of esters is 1. The molecule has 20 heavy (non-hydrogen) atoms. The van der Waals surface area contributed by atoms with Crippen molar-refractivity contribution in [1.82, 2.24) is 14.8 Å². The third-order valence-electron chi connectivity index (χ3n) is 2.86. The summed E-state index contributed by atoms with van der Waals surface area (Å²) in [4.78, 5) is 18.0. The fraction of sp³-hybridized carbons (Fsp3) is 0.308. The van der Waals surface area contributed by atoms with E-state index in [2.05, 4.69) is 10.1 Å². The van der Waals surface area contributed by atoms with Crippen LogP contribution in [0.5, 0.6) is 0 Å². The second-order valence-electron chi connectivity index (χ2n) is 4.55. The van der Waals surface area contributed by atoms with E-state index in [9.17, 15) is 4.79 Å². The molecule has 0 unspecified atom stereocenters. The van der Waals surface area contributed by atoms with Gasteiger partial charge in [0.1, 0.15) is 6.33 Å². The maximum atomic E-state index is 12.2. The topological polar surface area (TPSA) is 86.3 Å². The van der Waals surface area contributed by atoms with Crippen molar-refractivity contribution in [1.29, 1.82) is 0 Å². The smallest absolute Gasteiger partial charge is 0.340 e. The van der Waals surface area contributed by atoms with E-state index in [-0.39, 0.29) is 6.61 Å². The number of nitrogen functional groups attached to an aromatic ring is 1.